The van der Waals surface area contributed by atoms with Crippen LogP contribution in [0.15, 0.2) is 42.5 Å². The molecule has 0 aliphatic rings. The Morgan fingerprint density at radius 1 is 1.10 bits per heavy atom. The number of para-hydroxylation sites is 1. The number of hydrazine groups is 1. The molecular formula is C19H20N4O7. The minimum absolute atomic E-state index is 0.0790. The molecule has 0 spiro atoms. The number of urea groups is 1. The van der Waals surface area contributed by atoms with Crippen molar-refractivity contribution in [2.45, 2.75) is 20.0 Å². The summed E-state index contributed by atoms with van der Waals surface area (Å²) in [6, 6.07) is 9.64. The molecule has 1 unspecified atom stereocenters. The summed E-state index contributed by atoms with van der Waals surface area (Å²) >= 11 is 0. The highest BCUT2D eigenvalue weighted by Crippen LogP contribution is 2.28. The lowest BCUT2D eigenvalue weighted by Gasteiger charge is -2.16. The van der Waals surface area contributed by atoms with Crippen molar-refractivity contribution in [3.8, 4) is 5.75 Å². The molecule has 3 amide bonds. The summed E-state index contributed by atoms with van der Waals surface area (Å²) in [7, 11) is 1.21. The quantitative estimate of drug-likeness (QED) is 0.372. The number of carbonyl (C=O) groups excluding carboxylic acids is 3. The molecule has 0 bridgehead atoms. The number of benzene rings is 2. The van der Waals surface area contributed by atoms with Crippen molar-refractivity contribution >= 4 is 29.3 Å². The molecule has 0 radical (unpaired) electrons. The van der Waals surface area contributed by atoms with Gasteiger partial charge in [-0.3, -0.25) is 20.3 Å². The number of nitro benzene ring substituents is 1. The largest absolute Gasteiger partial charge is 0.474 e. The lowest BCUT2D eigenvalue weighted by molar-refractivity contribution is -0.386. The average Bonchev–Trinajstić information content (AvgIpc) is 2.72. The number of ether oxygens (including phenoxy) is 2. The summed E-state index contributed by atoms with van der Waals surface area (Å²) < 4.78 is 9.99. The first-order valence-electron chi connectivity index (χ1n) is 8.68. The molecule has 11 nitrogen and oxygen atoms in total. The van der Waals surface area contributed by atoms with Crippen molar-refractivity contribution < 1.29 is 28.8 Å². The highest BCUT2D eigenvalue weighted by molar-refractivity contribution is 6.01. The Bertz CT molecular complexity index is 977. The van der Waals surface area contributed by atoms with Gasteiger partial charge in [0.25, 0.3) is 5.91 Å². The lowest BCUT2D eigenvalue weighted by atomic mass is 10.2. The summed E-state index contributed by atoms with van der Waals surface area (Å²) in [6.45, 7) is 3.05. The first-order valence-corrected chi connectivity index (χ1v) is 8.68. The molecule has 0 fully saturated rings. The fourth-order valence-corrected chi connectivity index (χ4v) is 2.37. The Labute approximate surface area is 171 Å². The van der Waals surface area contributed by atoms with Crippen molar-refractivity contribution in [2.24, 2.45) is 0 Å². The summed E-state index contributed by atoms with van der Waals surface area (Å²) in [5.41, 5.74) is 4.94. The maximum Gasteiger partial charge on any atom is 0.339 e. The number of nitrogens with zero attached hydrogens (tertiary/aromatic N) is 1. The highest BCUT2D eigenvalue weighted by Gasteiger charge is 2.22. The number of methoxy groups -OCH3 is 1. The Morgan fingerprint density at radius 2 is 1.80 bits per heavy atom. The molecule has 0 heterocycles. The van der Waals surface area contributed by atoms with Crippen LogP contribution < -0.4 is 20.9 Å². The predicted molar refractivity (Wildman–Crippen MR) is 106 cm³/mol. The summed E-state index contributed by atoms with van der Waals surface area (Å²) in [5, 5.41) is 13.5. The van der Waals surface area contributed by atoms with Gasteiger partial charge in [0, 0.05) is 6.07 Å². The van der Waals surface area contributed by atoms with Crippen molar-refractivity contribution in [2.75, 3.05) is 12.4 Å². The lowest BCUT2D eigenvalue weighted by Crippen LogP contribution is -2.48. The third-order valence-electron chi connectivity index (χ3n) is 3.86. The van der Waals surface area contributed by atoms with E-state index in [0.717, 1.165) is 0 Å². The molecule has 2 aromatic carbocycles. The van der Waals surface area contributed by atoms with Crippen LogP contribution in [0.3, 0.4) is 0 Å². The summed E-state index contributed by atoms with van der Waals surface area (Å²) in [4.78, 5) is 46.4. The third kappa shape index (κ3) is 5.67. The normalized spacial score (nSPS) is 11.0. The van der Waals surface area contributed by atoms with Gasteiger partial charge in [-0.1, -0.05) is 18.2 Å². The van der Waals surface area contributed by atoms with E-state index >= 15 is 0 Å². The molecule has 3 N–H and O–H groups in total. The van der Waals surface area contributed by atoms with Crippen molar-refractivity contribution in [3.63, 3.8) is 0 Å². The predicted octanol–water partition coefficient (Wildman–Crippen LogP) is 2.31. The second-order valence-electron chi connectivity index (χ2n) is 6.09. The number of anilines is 1. The maximum atomic E-state index is 12.2. The molecule has 0 aliphatic carbocycles. The van der Waals surface area contributed by atoms with Crippen LogP contribution in [-0.2, 0) is 9.53 Å². The van der Waals surface area contributed by atoms with Crippen molar-refractivity contribution in [1.29, 1.82) is 0 Å². The van der Waals surface area contributed by atoms with E-state index in [9.17, 15) is 24.5 Å². The second-order valence-corrected chi connectivity index (χ2v) is 6.09. The fraction of sp³-hybridized carbons (Fsp3) is 0.211. The minimum Gasteiger partial charge on any atom is -0.474 e. The van der Waals surface area contributed by atoms with Crippen molar-refractivity contribution in [3.05, 3.63) is 63.7 Å². The van der Waals surface area contributed by atoms with E-state index in [0.29, 0.717) is 5.56 Å². The monoisotopic (exact) mass is 416 g/mol. The van der Waals surface area contributed by atoms with E-state index < -0.39 is 28.9 Å². The van der Waals surface area contributed by atoms with Crippen molar-refractivity contribution in [1.82, 2.24) is 10.9 Å². The molecule has 11 heteroatoms. The Balaban J connectivity index is 1.95. The minimum atomic E-state index is -1.14. The molecule has 30 heavy (non-hydrogen) atoms. The van der Waals surface area contributed by atoms with Crippen LogP contribution in [0.4, 0.5) is 16.2 Å². The van der Waals surface area contributed by atoms with E-state index in [2.05, 4.69) is 20.9 Å². The van der Waals surface area contributed by atoms with Gasteiger partial charge in [-0.05, 0) is 37.6 Å². The van der Waals surface area contributed by atoms with Crippen LogP contribution in [0, 0.1) is 17.0 Å². The number of nitro groups is 1. The number of hydrogen-bond acceptors (Lipinski definition) is 7. The fourth-order valence-electron chi connectivity index (χ4n) is 2.37. The topological polar surface area (TPSA) is 149 Å². The van der Waals surface area contributed by atoms with E-state index in [1.165, 1.54) is 38.3 Å². The smallest absolute Gasteiger partial charge is 0.339 e. The number of nitrogens with one attached hydrogen (secondary N) is 3. The van der Waals surface area contributed by atoms with Gasteiger partial charge in [0.1, 0.15) is 0 Å². The SMILES string of the molecule is COC(=O)c1ccccc1NC(=O)NNC(=O)C(C)Oc1ccc(C)cc1[N+](=O)[O-]. The van der Waals surface area contributed by atoms with Gasteiger partial charge in [0.2, 0.25) is 0 Å². The first-order chi connectivity index (χ1) is 14.2. The van der Waals surface area contributed by atoms with Gasteiger partial charge in [-0.25, -0.2) is 15.0 Å². The first kappa shape index (κ1) is 22.1. The van der Waals surface area contributed by atoms with Gasteiger partial charge in [-0.2, -0.15) is 0 Å². The van der Waals surface area contributed by atoms with Gasteiger partial charge < -0.3 is 14.8 Å². The Hall–Kier alpha value is -4.15. The number of amides is 3. The van der Waals surface area contributed by atoms with E-state index in [-0.39, 0.29) is 22.7 Å². The number of hydrogen-bond donors (Lipinski definition) is 3. The molecule has 2 rings (SSSR count). The number of carbonyl (C=O) groups is 3. The van der Waals surface area contributed by atoms with Crippen LogP contribution in [0.25, 0.3) is 0 Å². The summed E-state index contributed by atoms with van der Waals surface area (Å²) in [6.07, 6.45) is -1.14. The molecule has 0 saturated heterocycles. The van der Waals surface area contributed by atoms with Gasteiger partial charge in [0.15, 0.2) is 11.9 Å². The average molecular weight is 416 g/mol. The third-order valence-corrected chi connectivity index (χ3v) is 3.86. The van der Waals surface area contributed by atoms with Gasteiger partial charge in [0.05, 0.1) is 23.3 Å². The Kier molecular flexibility index (Phi) is 7.28. The van der Waals surface area contributed by atoms with Crippen LogP contribution >= 0.6 is 0 Å². The van der Waals surface area contributed by atoms with Crippen LogP contribution in [0.1, 0.15) is 22.8 Å². The highest BCUT2D eigenvalue weighted by atomic mass is 16.6. The zero-order valence-electron chi connectivity index (χ0n) is 16.4. The molecule has 158 valence electrons. The van der Waals surface area contributed by atoms with Crippen LogP contribution in [0.5, 0.6) is 5.75 Å². The van der Waals surface area contributed by atoms with Crippen LogP contribution in [0.2, 0.25) is 0 Å². The number of rotatable bonds is 6. The standard InChI is InChI=1S/C19H20N4O7/c1-11-8-9-16(15(10-11)23(27)28)30-12(2)17(24)21-22-19(26)20-14-7-5-4-6-13(14)18(25)29-3/h4-10,12H,1-3H3,(H,21,24)(H2,20,22,26). The molecule has 2 aromatic rings. The zero-order valence-corrected chi connectivity index (χ0v) is 16.4. The van der Waals surface area contributed by atoms with Gasteiger partial charge >= 0.3 is 17.7 Å². The molecule has 0 aliphatic heterocycles. The maximum absolute atomic E-state index is 12.2. The van der Waals surface area contributed by atoms with Gasteiger partial charge in [-0.15, -0.1) is 0 Å². The van der Waals surface area contributed by atoms with E-state index in [1.807, 2.05) is 0 Å². The number of esters is 1. The van der Waals surface area contributed by atoms with E-state index in [1.54, 1.807) is 25.1 Å². The van der Waals surface area contributed by atoms with Crippen LogP contribution in [-0.4, -0.2) is 36.0 Å². The number of aryl methyl sites for hydroxylation is 1. The summed E-state index contributed by atoms with van der Waals surface area (Å²) in [5.74, 6) is -1.47. The van der Waals surface area contributed by atoms with E-state index in [4.69, 9.17) is 4.74 Å². The molecular weight excluding hydrogens is 396 g/mol. The molecule has 0 saturated carbocycles. The molecule has 1 atom stereocenters. The second kappa shape index (κ2) is 9.87. The Morgan fingerprint density at radius 3 is 2.47 bits per heavy atom. The molecule has 0 aromatic heterocycles. The zero-order chi connectivity index (χ0) is 22.3.